The van der Waals surface area contributed by atoms with E-state index in [1.54, 1.807) is 24.3 Å². The van der Waals surface area contributed by atoms with Crippen molar-refractivity contribution in [3.63, 3.8) is 0 Å². The van der Waals surface area contributed by atoms with Crippen molar-refractivity contribution in [1.29, 1.82) is 0 Å². The summed E-state index contributed by atoms with van der Waals surface area (Å²) >= 11 is 0. The molecule has 1 N–H and O–H groups in total. The van der Waals surface area contributed by atoms with Crippen molar-refractivity contribution >= 4 is 33.3 Å². The Bertz CT molecular complexity index is 788. The van der Waals surface area contributed by atoms with Crippen LogP contribution in [0, 0.1) is 0 Å². The Morgan fingerprint density at radius 3 is 2.42 bits per heavy atom. The van der Waals surface area contributed by atoms with Crippen LogP contribution in [0.3, 0.4) is 0 Å². The number of hydrogen-bond donors (Lipinski definition) is 1. The number of amides is 2. The van der Waals surface area contributed by atoms with Gasteiger partial charge in [0.1, 0.15) is 0 Å². The average molecular weight is 382 g/mol. The Labute approximate surface area is 152 Å². The maximum Gasteiger partial charge on any atom is 0.310 e. The van der Waals surface area contributed by atoms with Gasteiger partial charge in [0.25, 0.3) is 5.91 Å². The van der Waals surface area contributed by atoms with Gasteiger partial charge in [-0.1, -0.05) is 12.1 Å². The molecule has 2 rings (SSSR count). The van der Waals surface area contributed by atoms with Gasteiger partial charge in [-0.25, -0.2) is 8.42 Å². The first-order chi connectivity index (χ1) is 12.2. The van der Waals surface area contributed by atoms with Crippen LogP contribution in [0.15, 0.2) is 24.3 Å². The molecule has 0 unspecified atom stereocenters. The molecule has 0 bridgehead atoms. The second kappa shape index (κ2) is 8.31. The highest BCUT2D eigenvalue weighted by molar-refractivity contribution is 7.91. The van der Waals surface area contributed by atoms with Crippen LogP contribution in [-0.4, -0.2) is 62.3 Å². The van der Waals surface area contributed by atoms with Crippen molar-refractivity contribution in [2.45, 2.75) is 25.8 Å². The first-order valence-electron chi connectivity index (χ1n) is 8.14. The molecule has 1 aromatic carbocycles. The minimum atomic E-state index is -3.09. The number of ether oxygens (including phenoxy) is 1. The molecule has 1 heterocycles. The van der Waals surface area contributed by atoms with Crippen molar-refractivity contribution < 1.29 is 27.5 Å². The number of likely N-dealkylation sites (N-methyl/N-ethyl adjacent to an activating group) is 1. The normalized spacial score (nSPS) is 18.2. The molecule has 0 aliphatic carbocycles. The summed E-state index contributed by atoms with van der Waals surface area (Å²) in [6, 6.07) is 6.34. The topological polar surface area (TPSA) is 110 Å². The third-order valence-electron chi connectivity index (χ3n) is 4.13. The molecule has 9 heteroatoms. The molecule has 1 fully saturated rings. The van der Waals surface area contributed by atoms with Crippen molar-refractivity contribution in [3.8, 4) is 0 Å². The van der Waals surface area contributed by atoms with E-state index in [0.717, 1.165) is 0 Å². The first-order valence-corrected chi connectivity index (χ1v) is 9.96. The molecule has 1 aromatic rings. The second-order valence-electron chi connectivity index (χ2n) is 6.28. The predicted molar refractivity (Wildman–Crippen MR) is 95.2 cm³/mol. The van der Waals surface area contributed by atoms with Gasteiger partial charge in [0.05, 0.1) is 17.9 Å². The summed E-state index contributed by atoms with van der Waals surface area (Å²) in [5, 5.41) is 2.62. The van der Waals surface area contributed by atoms with Gasteiger partial charge in [0.15, 0.2) is 16.4 Å². The van der Waals surface area contributed by atoms with Gasteiger partial charge < -0.3 is 15.0 Å². The summed E-state index contributed by atoms with van der Waals surface area (Å²) in [7, 11) is -1.57. The molecular weight excluding hydrogens is 360 g/mol. The first kappa shape index (κ1) is 19.9. The molecule has 26 heavy (non-hydrogen) atoms. The van der Waals surface area contributed by atoms with E-state index >= 15 is 0 Å². The minimum Gasteiger partial charge on any atom is -0.455 e. The summed E-state index contributed by atoms with van der Waals surface area (Å²) in [4.78, 5) is 36.2. The quantitative estimate of drug-likeness (QED) is 0.712. The summed E-state index contributed by atoms with van der Waals surface area (Å²) in [5.74, 6) is -1.15. The maximum atomic E-state index is 12.1. The third kappa shape index (κ3) is 5.83. The Balaban J connectivity index is 1.79. The highest BCUT2D eigenvalue weighted by atomic mass is 32.2. The van der Waals surface area contributed by atoms with E-state index in [9.17, 15) is 22.8 Å². The highest BCUT2D eigenvalue weighted by Gasteiger charge is 2.32. The van der Waals surface area contributed by atoms with Crippen molar-refractivity contribution in [2.24, 2.45) is 0 Å². The Morgan fingerprint density at radius 1 is 1.23 bits per heavy atom. The molecule has 1 saturated heterocycles. The van der Waals surface area contributed by atoms with E-state index in [2.05, 4.69) is 5.32 Å². The zero-order valence-electron chi connectivity index (χ0n) is 14.7. The fourth-order valence-electron chi connectivity index (χ4n) is 2.66. The zero-order valence-corrected chi connectivity index (χ0v) is 15.5. The molecule has 2 amide bonds. The van der Waals surface area contributed by atoms with Crippen LogP contribution in [0.4, 0.5) is 5.69 Å². The van der Waals surface area contributed by atoms with Gasteiger partial charge >= 0.3 is 5.97 Å². The number of carbonyl (C=O) groups is 3. The van der Waals surface area contributed by atoms with Gasteiger partial charge in [0, 0.05) is 25.7 Å². The van der Waals surface area contributed by atoms with Crippen LogP contribution < -0.4 is 5.32 Å². The van der Waals surface area contributed by atoms with Crippen molar-refractivity contribution in [1.82, 2.24) is 4.90 Å². The highest BCUT2D eigenvalue weighted by Crippen LogP contribution is 2.16. The van der Waals surface area contributed by atoms with Crippen LogP contribution in [-0.2, 0) is 35.4 Å². The Hall–Kier alpha value is -2.42. The average Bonchev–Trinajstić information content (AvgIpc) is 2.93. The lowest BCUT2D eigenvalue weighted by molar-refractivity contribution is -0.151. The second-order valence-corrected chi connectivity index (χ2v) is 8.51. The standard InChI is InChI=1S/C17H22N2O6S/c1-12(20)18-14-5-3-13(4-6-14)9-17(22)25-10-16(21)19(2)15-7-8-26(23,24)11-15/h3-6,15H,7-11H2,1-2H3,(H,18,20)/t15-/m0/s1. The number of benzene rings is 1. The zero-order chi connectivity index (χ0) is 19.3. The Kier molecular flexibility index (Phi) is 6.36. The molecule has 0 saturated carbocycles. The van der Waals surface area contributed by atoms with E-state index < -0.39 is 28.3 Å². The van der Waals surface area contributed by atoms with E-state index in [1.165, 1.54) is 18.9 Å². The van der Waals surface area contributed by atoms with E-state index in [-0.39, 0.29) is 29.9 Å². The lowest BCUT2D eigenvalue weighted by atomic mass is 10.1. The largest absolute Gasteiger partial charge is 0.455 e. The smallest absolute Gasteiger partial charge is 0.310 e. The molecule has 0 spiro atoms. The van der Waals surface area contributed by atoms with E-state index in [0.29, 0.717) is 17.7 Å². The molecule has 1 atom stereocenters. The van der Waals surface area contributed by atoms with E-state index in [4.69, 9.17) is 4.74 Å². The number of rotatable bonds is 6. The number of anilines is 1. The monoisotopic (exact) mass is 382 g/mol. The SMILES string of the molecule is CC(=O)Nc1ccc(CC(=O)OCC(=O)N(C)[C@H]2CCS(=O)(=O)C2)cc1. The number of hydrogen-bond acceptors (Lipinski definition) is 6. The summed E-state index contributed by atoms with van der Waals surface area (Å²) in [6.07, 6.45) is 0.397. The lowest BCUT2D eigenvalue weighted by Gasteiger charge is -2.23. The molecule has 0 aromatic heterocycles. The molecule has 1 aliphatic rings. The summed E-state index contributed by atoms with van der Waals surface area (Å²) < 4.78 is 27.9. The number of nitrogens with zero attached hydrogens (tertiary/aromatic N) is 1. The van der Waals surface area contributed by atoms with Crippen LogP contribution in [0.2, 0.25) is 0 Å². The number of esters is 1. The van der Waals surface area contributed by atoms with Crippen LogP contribution in [0.5, 0.6) is 0 Å². The maximum absolute atomic E-state index is 12.1. The number of sulfone groups is 1. The Morgan fingerprint density at radius 2 is 1.88 bits per heavy atom. The fraction of sp³-hybridized carbons (Fsp3) is 0.471. The van der Waals surface area contributed by atoms with Gasteiger partial charge in [-0.3, -0.25) is 14.4 Å². The summed E-state index contributed by atoms with van der Waals surface area (Å²) in [5.41, 5.74) is 1.31. The van der Waals surface area contributed by atoms with Crippen LogP contribution in [0.1, 0.15) is 18.9 Å². The van der Waals surface area contributed by atoms with Crippen LogP contribution in [0.25, 0.3) is 0 Å². The fourth-order valence-corrected chi connectivity index (χ4v) is 4.43. The van der Waals surface area contributed by atoms with Crippen LogP contribution >= 0.6 is 0 Å². The van der Waals surface area contributed by atoms with Gasteiger partial charge in [0.2, 0.25) is 5.91 Å². The molecule has 8 nitrogen and oxygen atoms in total. The minimum absolute atomic E-state index is 0.00481. The van der Waals surface area contributed by atoms with E-state index in [1.807, 2.05) is 0 Å². The van der Waals surface area contributed by atoms with Gasteiger partial charge in [-0.05, 0) is 24.1 Å². The number of carbonyl (C=O) groups excluding carboxylic acids is 3. The van der Waals surface area contributed by atoms with Gasteiger partial charge in [-0.15, -0.1) is 0 Å². The lowest BCUT2D eigenvalue weighted by Crippen LogP contribution is -2.40. The third-order valence-corrected chi connectivity index (χ3v) is 5.88. The summed E-state index contributed by atoms with van der Waals surface area (Å²) in [6.45, 7) is 0.982. The molecule has 0 radical (unpaired) electrons. The number of nitrogens with one attached hydrogen (secondary N) is 1. The molecule has 1 aliphatic heterocycles. The molecular formula is C17H22N2O6S. The van der Waals surface area contributed by atoms with Gasteiger partial charge in [-0.2, -0.15) is 0 Å². The van der Waals surface area contributed by atoms with Crippen molar-refractivity contribution in [3.05, 3.63) is 29.8 Å². The van der Waals surface area contributed by atoms with Crippen molar-refractivity contribution in [2.75, 3.05) is 30.5 Å². The predicted octanol–water partition coefficient (Wildman–Crippen LogP) is 0.376. The molecule has 142 valence electrons.